The molecule has 0 saturated heterocycles. The number of methoxy groups -OCH3 is 1. The number of carbonyl (C=O) groups is 2. The monoisotopic (exact) mass is 362 g/mol. The van der Waals surface area contributed by atoms with Gasteiger partial charge >= 0.3 is 0 Å². The van der Waals surface area contributed by atoms with Crippen LogP contribution in [0.2, 0.25) is 0 Å². The molecule has 5 heteroatoms. The first-order chi connectivity index (χ1) is 13.2. The summed E-state index contributed by atoms with van der Waals surface area (Å²) in [6, 6.07) is 16.4. The number of terminal acetylenes is 1. The van der Waals surface area contributed by atoms with Crippen LogP contribution >= 0.6 is 0 Å². The van der Waals surface area contributed by atoms with E-state index in [0.717, 1.165) is 11.1 Å². The van der Waals surface area contributed by atoms with E-state index in [-0.39, 0.29) is 18.4 Å². The predicted molar refractivity (Wildman–Crippen MR) is 103 cm³/mol. The molecule has 27 heavy (non-hydrogen) atoms. The summed E-state index contributed by atoms with van der Waals surface area (Å²) in [7, 11) is 1.59. The minimum atomic E-state index is -0.550. The number of hydrogen-bond acceptors (Lipinski definition) is 3. The van der Waals surface area contributed by atoms with Gasteiger partial charge in [-0.25, -0.2) is 0 Å². The zero-order chi connectivity index (χ0) is 19.2. The van der Waals surface area contributed by atoms with Crippen LogP contribution < -0.4 is 5.32 Å². The molecule has 2 amide bonds. The van der Waals surface area contributed by atoms with Crippen molar-refractivity contribution in [1.82, 2.24) is 10.2 Å². The molecule has 0 aromatic heterocycles. The molecule has 0 saturated carbocycles. The van der Waals surface area contributed by atoms with Crippen molar-refractivity contribution in [3.05, 3.63) is 71.3 Å². The molecular formula is C22H22N2O3. The van der Waals surface area contributed by atoms with Gasteiger partial charge in [0, 0.05) is 19.2 Å². The maximum absolute atomic E-state index is 13.2. The third kappa shape index (κ3) is 3.71. The fourth-order valence-electron chi connectivity index (χ4n) is 3.58. The van der Waals surface area contributed by atoms with Gasteiger partial charge in [-0.15, -0.1) is 6.42 Å². The highest BCUT2D eigenvalue weighted by molar-refractivity contribution is 6.01. The third-order valence-corrected chi connectivity index (χ3v) is 4.76. The number of benzene rings is 2. The molecule has 138 valence electrons. The lowest BCUT2D eigenvalue weighted by molar-refractivity contribution is -0.124. The Labute approximate surface area is 159 Å². The van der Waals surface area contributed by atoms with Crippen molar-refractivity contribution < 1.29 is 14.3 Å². The molecule has 0 spiro atoms. The van der Waals surface area contributed by atoms with E-state index in [0.29, 0.717) is 18.7 Å². The normalized spacial score (nSPS) is 18.5. The average molecular weight is 362 g/mol. The van der Waals surface area contributed by atoms with Crippen LogP contribution in [0.15, 0.2) is 54.6 Å². The van der Waals surface area contributed by atoms with Crippen LogP contribution in [0, 0.1) is 12.3 Å². The molecule has 1 aliphatic heterocycles. The molecule has 2 atom stereocenters. The van der Waals surface area contributed by atoms with E-state index < -0.39 is 12.0 Å². The van der Waals surface area contributed by atoms with Gasteiger partial charge in [-0.05, 0) is 17.2 Å². The molecule has 0 bridgehead atoms. The molecule has 3 rings (SSSR count). The molecule has 1 aliphatic rings. The zero-order valence-electron chi connectivity index (χ0n) is 15.2. The van der Waals surface area contributed by atoms with Crippen LogP contribution in [-0.4, -0.2) is 43.5 Å². The summed E-state index contributed by atoms with van der Waals surface area (Å²) in [6.45, 7) is 0.920. The summed E-state index contributed by atoms with van der Waals surface area (Å²) in [4.78, 5) is 28.0. The van der Waals surface area contributed by atoms with Gasteiger partial charge in [0.2, 0.25) is 5.91 Å². The number of fused-ring (bicyclic) bond motifs is 1. The molecular weight excluding hydrogens is 340 g/mol. The second-order valence-corrected chi connectivity index (χ2v) is 6.33. The quantitative estimate of drug-likeness (QED) is 0.803. The number of hydrogen-bond donors (Lipinski definition) is 1. The SMILES string of the molecule is C#CCNC(=O)C1c2ccccc2C(=O)N(CCOC)C1c1ccccc1. The molecule has 0 fully saturated rings. The van der Waals surface area contributed by atoms with Gasteiger partial charge < -0.3 is 15.0 Å². The van der Waals surface area contributed by atoms with E-state index in [1.54, 1.807) is 18.1 Å². The Morgan fingerprint density at radius 3 is 2.59 bits per heavy atom. The van der Waals surface area contributed by atoms with Crippen molar-refractivity contribution in [2.24, 2.45) is 0 Å². The first kappa shape index (κ1) is 18.7. The van der Waals surface area contributed by atoms with Gasteiger partial charge in [-0.1, -0.05) is 54.5 Å². The summed E-state index contributed by atoms with van der Waals surface area (Å²) >= 11 is 0. The Kier molecular flexibility index (Phi) is 5.90. The summed E-state index contributed by atoms with van der Waals surface area (Å²) in [5.41, 5.74) is 2.17. The molecule has 1 N–H and O–H groups in total. The van der Waals surface area contributed by atoms with Crippen LogP contribution in [-0.2, 0) is 9.53 Å². The van der Waals surface area contributed by atoms with Crippen molar-refractivity contribution in [2.75, 3.05) is 26.8 Å². The summed E-state index contributed by atoms with van der Waals surface area (Å²) in [6.07, 6.45) is 5.32. The highest BCUT2D eigenvalue weighted by Crippen LogP contribution is 2.42. The molecule has 1 heterocycles. The van der Waals surface area contributed by atoms with Gasteiger partial charge in [-0.3, -0.25) is 9.59 Å². The molecule has 5 nitrogen and oxygen atoms in total. The fraction of sp³-hybridized carbons (Fsp3) is 0.273. The Morgan fingerprint density at radius 2 is 1.89 bits per heavy atom. The van der Waals surface area contributed by atoms with E-state index in [9.17, 15) is 9.59 Å². The van der Waals surface area contributed by atoms with E-state index >= 15 is 0 Å². The van der Waals surface area contributed by atoms with Crippen molar-refractivity contribution in [3.63, 3.8) is 0 Å². The van der Waals surface area contributed by atoms with Crippen LogP contribution in [0.25, 0.3) is 0 Å². The average Bonchev–Trinajstić information content (AvgIpc) is 2.71. The third-order valence-electron chi connectivity index (χ3n) is 4.76. The second kappa shape index (κ2) is 8.52. The van der Waals surface area contributed by atoms with Crippen LogP contribution in [0.4, 0.5) is 0 Å². The minimum absolute atomic E-state index is 0.0995. The zero-order valence-corrected chi connectivity index (χ0v) is 15.2. The van der Waals surface area contributed by atoms with E-state index in [4.69, 9.17) is 11.2 Å². The van der Waals surface area contributed by atoms with E-state index in [1.807, 2.05) is 48.5 Å². The van der Waals surface area contributed by atoms with E-state index in [2.05, 4.69) is 11.2 Å². The Balaban J connectivity index is 2.14. The van der Waals surface area contributed by atoms with Gasteiger partial charge in [0.05, 0.1) is 25.1 Å². The highest BCUT2D eigenvalue weighted by Gasteiger charge is 2.43. The number of rotatable bonds is 6. The highest BCUT2D eigenvalue weighted by atomic mass is 16.5. The van der Waals surface area contributed by atoms with Crippen LogP contribution in [0.1, 0.15) is 33.4 Å². The second-order valence-electron chi connectivity index (χ2n) is 6.33. The van der Waals surface area contributed by atoms with Crippen molar-refractivity contribution in [2.45, 2.75) is 12.0 Å². The Morgan fingerprint density at radius 1 is 1.19 bits per heavy atom. The molecule has 2 aromatic carbocycles. The predicted octanol–water partition coefficient (Wildman–Crippen LogP) is 2.36. The van der Waals surface area contributed by atoms with Crippen molar-refractivity contribution in [1.29, 1.82) is 0 Å². The number of nitrogens with one attached hydrogen (secondary N) is 1. The molecule has 0 radical (unpaired) electrons. The van der Waals surface area contributed by atoms with Gasteiger partial charge in [0.25, 0.3) is 5.91 Å². The first-order valence-electron chi connectivity index (χ1n) is 8.84. The first-order valence-corrected chi connectivity index (χ1v) is 8.84. The Hall–Kier alpha value is -3.10. The Bertz CT molecular complexity index is 857. The number of ether oxygens (including phenoxy) is 1. The lowest BCUT2D eigenvalue weighted by atomic mass is 9.79. The van der Waals surface area contributed by atoms with Gasteiger partial charge in [-0.2, -0.15) is 0 Å². The summed E-state index contributed by atoms with van der Waals surface area (Å²) < 4.78 is 5.20. The topological polar surface area (TPSA) is 58.6 Å². The molecule has 0 aliphatic carbocycles. The molecule has 2 unspecified atom stereocenters. The van der Waals surface area contributed by atoms with Gasteiger partial charge in [0.1, 0.15) is 0 Å². The minimum Gasteiger partial charge on any atom is -0.383 e. The number of amides is 2. The number of nitrogens with zero attached hydrogens (tertiary/aromatic N) is 1. The number of carbonyl (C=O) groups excluding carboxylic acids is 2. The van der Waals surface area contributed by atoms with Gasteiger partial charge in [0.15, 0.2) is 0 Å². The fourth-order valence-corrected chi connectivity index (χ4v) is 3.58. The summed E-state index contributed by atoms with van der Waals surface area (Å²) in [5, 5.41) is 2.79. The summed E-state index contributed by atoms with van der Waals surface area (Å²) in [5.74, 6) is 1.60. The van der Waals surface area contributed by atoms with Crippen LogP contribution in [0.3, 0.4) is 0 Å². The van der Waals surface area contributed by atoms with Crippen molar-refractivity contribution >= 4 is 11.8 Å². The maximum Gasteiger partial charge on any atom is 0.254 e. The lowest BCUT2D eigenvalue weighted by Crippen LogP contribution is -2.48. The van der Waals surface area contributed by atoms with Crippen molar-refractivity contribution in [3.8, 4) is 12.3 Å². The van der Waals surface area contributed by atoms with E-state index in [1.165, 1.54) is 0 Å². The smallest absolute Gasteiger partial charge is 0.254 e. The van der Waals surface area contributed by atoms with Crippen LogP contribution in [0.5, 0.6) is 0 Å². The maximum atomic E-state index is 13.2. The standard InChI is InChI=1S/C22H22N2O3/c1-3-13-23-21(25)19-17-11-7-8-12-18(17)22(26)24(14-15-27-2)20(19)16-9-5-4-6-10-16/h1,4-12,19-20H,13-15H2,2H3,(H,23,25). The lowest BCUT2D eigenvalue weighted by Gasteiger charge is -2.41. The molecule has 2 aromatic rings. The largest absolute Gasteiger partial charge is 0.383 e.